The number of nitrogens with zero attached hydrogens (tertiary/aromatic N) is 2. The summed E-state index contributed by atoms with van der Waals surface area (Å²) >= 11 is 0. The zero-order chi connectivity index (χ0) is 17.4. The van der Waals surface area contributed by atoms with E-state index in [2.05, 4.69) is 15.2 Å². The molecule has 2 rings (SSSR count). The summed E-state index contributed by atoms with van der Waals surface area (Å²) in [5, 5.41) is 3.35. The summed E-state index contributed by atoms with van der Waals surface area (Å²) in [5.41, 5.74) is 1.01. The van der Waals surface area contributed by atoms with Gasteiger partial charge >= 0.3 is 5.97 Å². The number of hydrogen-bond acceptors (Lipinski definition) is 3. The highest BCUT2D eigenvalue weighted by Crippen LogP contribution is 2.18. The Bertz CT molecular complexity index is 575. The van der Waals surface area contributed by atoms with Crippen molar-refractivity contribution in [3.8, 4) is 0 Å². The van der Waals surface area contributed by atoms with Gasteiger partial charge in [0.05, 0.1) is 13.0 Å². The van der Waals surface area contributed by atoms with Gasteiger partial charge in [0.1, 0.15) is 5.82 Å². The molecule has 1 fully saturated rings. The number of guanidine groups is 1. The Morgan fingerprint density at radius 2 is 2.12 bits per heavy atom. The average molecular weight is 463 g/mol. The first-order valence-corrected chi connectivity index (χ1v) is 8.42. The minimum atomic E-state index is -0.190. The van der Waals surface area contributed by atoms with Crippen LogP contribution in [-0.2, 0) is 16.0 Å². The van der Waals surface area contributed by atoms with Gasteiger partial charge in [-0.3, -0.25) is 9.79 Å². The molecular formula is C18H27FIN3O2. The van der Waals surface area contributed by atoms with Gasteiger partial charge in [-0.2, -0.15) is 0 Å². The maximum atomic E-state index is 13.1. The summed E-state index contributed by atoms with van der Waals surface area (Å²) < 4.78 is 18.0. The predicted molar refractivity (Wildman–Crippen MR) is 108 cm³/mol. The Labute approximate surface area is 166 Å². The van der Waals surface area contributed by atoms with Gasteiger partial charge in [0.2, 0.25) is 0 Å². The van der Waals surface area contributed by atoms with Crippen LogP contribution in [0.25, 0.3) is 0 Å². The minimum Gasteiger partial charge on any atom is -0.469 e. The SMILES string of the molecule is CN=C(NCCCc1cccc(F)c1)N1CCC(C(=O)OC)CC1.I. The fraction of sp³-hybridized carbons (Fsp3) is 0.556. The van der Waals surface area contributed by atoms with Crippen LogP contribution >= 0.6 is 24.0 Å². The monoisotopic (exact) mass is 463 g/mol. The molecule has 140 valence electrons. The second-order valence-electron chi connectivity index (χ2n) is 5.99. The Kier molecular flexibility index (Phi) is 9.77. The molecule has 0 saturated carbocycles. The molecule has 1 N–H and O–H groups in total. The van der Waals surface area contributed by atoms with Crippen LogP contribution in [0.2, 0.25) is 0 Å². The molecule has 0 atom stereocenters. The molecule has 0 aromatic heterocycles. The minimum absolute atomic E-state index is 0. The molecule has 0 radical (unpaired) electrons. The predicted octanol–water partition coefficient (Wildman–Crippen LogP) is 2.84. The lowest BCUT2D eigenvalue weighted by Gasteiger charge is -2.33. The molecule has 0 unspecified atom stereocenters. The molecule has 5 nitrogen and oxygen atoms in total. The largest absolute Gasteiger partial charge is 0.469 e. The van der Waals surface area contributed by atoms with Crippen molar-refractivity contribution in [1.82, 2.24) is 10.2 Å². The van der Waals surface area contributed by atoms with Crippen LogP contribution in [0.15, 0.2) is 29.3 Å². The van der Waals surface area contributed by atoms with E-state index in [1.807, 2.05) is 6.07 Å². The van der Waals surface area contributed by atoms with Crippen molar-refractivity contribution in [1.29, 1.82) is 0 Å². The van der Waals surface area contributed by atoms with E-state index in [-0.39, 0.29) is 41.7 Å². The normalized spacial score (nSPS) is 15.5. The Morgan fingerprint density at radius 1 is 1.40 bits per heavy atom. The number of aliphatic imine (C=N–C) groups is 1. The molecular weight excluding hydrogens is 436 g/mol. The first kappa shape index (κ1) is 21.7. The van der Waals surface area contributed by atoms with Gasteiger partial charge in [0, 0.05) is 26.7 Å². The van der Waals surface area contributed by atoms with Gasteiger partial charge in [-0.1, -0.05) is 12.1 Å². The third kappa shape index (κ3) is 6.80. The molecule has 25 heavy (non-hydrogen) atoms. The van der Waals surface area contributed by atoms with E-state index in [0.29, 0.717) is 0 Å². The Hall–Kier alpha value is -1.38. The maximum absolute atomic E-state index is 13.1. The first-order chi connectivity index (χ1) is 11.6. The molecule has 0 amide bonds. The second kappa shape index (κ2) is 11.3. The van der Waals surface area contributed by atoms with Crippen LogP contribution in [0.5, 0.6) is 0 Å². The van der Waals surface area contributed by atoms with Gasteiger partial charge in [-0.05, 0) is 43.4 Å². The molecule has 0 spiro atoms. The zero-order valence-electron chi connectivity index (χ0n) is 14.8. The van der Waals surface area contributed by atoms with Crippen LogP contribution in [0, 0.1) is 11.7 Å². The molecule has 1 aromatic rings. The molecule has 1 aliphatic heterocycles. The third-order valence-electron chi connectivity index (χ3n) is 4.36. The first-order valence-electron chi connectivity index (χ1n) is 8.42. The van der Waals surface area contributed by atoms with Crippen molar-refractivity contribution in [2.45, 2.75) is 25.7 Å². The Balaban J connectivity index is 0.00000312. The number of carbonyl (C=O) groups is 1. The fourth-order valence-electron chi connectivity index (χ4n) is 3.01. The van der Waals surface area contributed by atoms with E-state index < -0.39 is 0 Å². The maximum Gasteiger partial charge on any atom is 0.308 e. The lowest BCUT2D eigenvalue weighted by molar-refractivity contribution is -0.146. The lowest BCUT2D eigenvalue weighted by atomic mass is 9.97. The Morgan fingerprint density at radius 3 is 2.72 bits per heavy atom. The molecule has 0 bridgehead atoms. The number of rotatable bonds is 5. The van der Waals surface area contributed by atoms with E-state index in [1.165, 1.54) is 13.2 Å². The lowest BCUT2D eigenvalue weighted by Crippen LogP contribution is -2.46. The van der Waals surface area contributed by atoms with Crippen LogP contribution < -0.4 is 5.32 Å². The number of esters is 1. The fourth-order valence-corrected chi connectivity index (χ4v) is 3.01. The zero-order valence-corrected chi connectivity index (χ0v) is 17.2. The summed E-state index contributed by atoms with van der Waals surface area (Å²) in [7, 11) is 3.20. The summed E-state index contributed by atoms with van der Waals surface area (Å²) in [6.07, 6.45) is 3.31. The van der Waals surface area contributed by atoms with Crippen molar-refractivity contribution < 1.29 is 13.9 Å². The number of hydrogen-bond donors (Lipinski definition) is 1. The van der Waals surface area contributed by atoms with Gasteiger partial charge < -0.3 is 15.0 Å². The molecule has 1 saturated heterocycles. The highest BCUT2D eigenvalue weighted by atomic mass is 127. The van der Waals surface area contributed by atoms with E-state index >= 15 is 0 Å². The number of aryl methyl sites for hydroxylation is 1. The van der Waals surface area contributed by atoms with Crippen molar-refractivity contribution in [2.24, 2.45) is 10.9 Å². The molecule has 0 aliphatic carbocycles. The van der Waals surface area contributed by atoms with Crippen LogP contribution in [0.3, 0.4) is 0 Å². The topological polar surface area (TPSA) is 53.9 Å². The highest BCUT2D eigenvalue weighted by Gasteiger charge is 2.26. The van der Waals surface area contributed by atoms with E-state index in [0.717, 1.165) is 56.8 Å². The number of likely N-dealkylation sites (tertiary alicyclic amines) is 1. The number of carbonyl (C=O) groups excluding carboxylic acids is 1. The number of benzene rings is 1. The summed E-state index contributed by atoms with van der Waals surface area (Å²) in [4.78, 5) is 18.1. The number of piperidine rings is 1. The number of methoxy groups -OCH3 is 1. The van der Waals surface area contributed by atoms with Gasteiger partial charge in [0.15, 0.2) is 5.96 Å². The standard InChI is InChI=1S/C18H26FN3O2.HI/c1-20-18(22-11-8-15(9-12-22)17(23)24-2)21-10-4-6-14-5-3-7-16(19)13-14;/h3,5,7,13,15H,4,6,8-12H2,1-2H3,(H,20,21);1H. The van der Waals surface area contributed by atoms with Gasteiger partial charge in [-0.25, -0.2) is 4.39 Å². The van der Waals surface area contributed by atoms with Gasteiger partial charge in [0.25, 0.3) is 0 Å². The van der Waals surface area contributed by atoms with Crippen molar-refractivity contribution in [3.05, 3.63) is 35.6 Å². The van der Waals surface area contributed by atoms with Gasteiger partial charge in [-0.15, -0.1) is 24.0 Å². The van der Waals surface area contributed by atoms with E-state index in [9.17, 15) is 9.18 Å². The summed E-state index contributed by atoms with van der Waals surface area (Å²) in [6, 6.07) is 6.71. The van der Waals surface area contributed by atoms with Crippen molar-refractivity contribution >= 4 is 35.9 Å². The van der Waals surface area contributed by atoms with Crippen LogP contribution in [0.4, 0.5) is 4.39 Å². The molecule has 7 heteroatoms. The summed E-state index contributed by atoms with van der Waals surface area (Å²) in [6.45, 7) is 2.37. The van der Waals surface area contributed by atoms with Crippen LogP contribution in [0.1, 0.15) is 24.8 Å². The molecule has 1 aliphatic rings. The summed E-state index contributed by atoms with van der Waals surface area (Å²) in [5.74, 6) is 0.548. The van der Waals surface area contributed by atoms with Crippen molar-refractivity contribution in [3.63, 3.8) is 0 Å². The molecule has 1 aromatic carbocycles. The number of halogens is 2. The van der Waals surface area contributed by atoms with E-state index in [4.69, 9.17) is 4.74 Å². The van der Waals surface area contributed by atoms with Crippen molar-refractivity contribution in [2.75, 3.05) is 33.8 Å². The quantitative estimate of drug-likeness (QED) is 0.240. The second-order valence-corrected chi connectivity index (χ2v) is 5.99. The number of nitrogens with one attached hydrogen (secondary N) is 1. The van der Waals surface area contributed by atoms with Crippen LogP contribution in [-0.4, -0.2) is 50.6 Å². The average Bonchev–Trinajstić information content (AvgIpc) is 2.61. The highest BCUT2D eigenvalue weighted by molar-refractivity contribution is 14.0. The molecule has 1 heterocycles. The van der Waals surface area contributed by atoms with E-state index in [1.54, 1.807) is 19.2 Å². The third-order valence-corrected chi connectivity index (χ3v) is 4.36. The smallest absolute Gasteiger partial charge is 0.308 e. The number of ether oxygens (including phenoxy) is 1.